The fourth-order valence-corrected chi connectivity index (χ4v) is 2.69. The molecule has 0 radical (unpaired) electrons. The average molecular weight is 323 g/mol. The normalized spacial score (nSPS) is 10.4. The summed E-state index contributed by atoms with van der Waals surface area (Å²) in [6, 6.07) is 13.9. The van der Waals surface area contributed by atoms with Crippen LogP contribution in [0.4, 0.5) is 0 Å². The minimum atomic E-state index is 0. The quantitative estimate of drug-likeness (QED) is 0.676. The highest BCUT2D eigenvalue weighted by Gasteiger charge is 2.13. The molecule has 0 fully saturated rings. The first-order valence-corrected chi connectivity index (χ1v) is 6.99. The number of rotatable bonds is 4. The Hall–Kier alpha value is -1.71. The molecule has 0 aliphatic carbocycles. The van der Waals surface area contributed by atoms with Gasteiger partial charge in [0.2, 0.25) is 0 Å². The Morgan fingerprint density at radius 1 is 1.14 bits per heavy atom. The monoisotopic (exact) mass is 322 g/mol. The molecule has 3 rings (SSSR count). The third kappa shape index (κ3) is 2.99. The lowest BCUT2D eigenvalue weighted by Crippen LogP contribution is -1.97. The smallest absolute Gasteiger partial charge is 0.137 e. The van der Waals surface area contributed by atoms with E-state index in [1.165, 1.54) is 0 Å². The molecule has 0 bridgehead atoms. The van der Waals surface area contributed by atoms with Gasteiger partial charge in [0.15, 0.2) is 0 Å². The maximum absolute atomic E-state index is 6.10. The second kappa shape index (κ2) is 6.83. The molecular weight excluding hydrogens is 307 g/mol. The minimum absolute atomic E-state index is 0. The molecule has 3 aromatic rings. The zero-order valence-corrected chi connectivity index (χ0v) is 13.2. The van der Waals surface area contributed by atoms with Gasteiger partial charge in [-0.15, -0.1) is 24.0 Å². The average Bonchev–Trinajstić information content (AvgIpc) is 2.85. The summed E-state index contributed by atoms with van der Waals surface area (Å²) >= 11 is 6.10. The number of benzene rings is 1. The van der Waals surface area contributed by atoms with Crippen molar-refractivity contribution >= 4 is 29.7 Å². The van der Waals surface area contributed by atoms with Gasteiger partial charge in [0.1, 0.15) is 11.4 Å². The van der Waals surface area contributed by atoms with Gasteiger partial charge in [0.25, 0.3) is 0 Å². The summed E-state index contributed by atoms with van der Waals surface area (Å²) in [4.78, 5) is 4.68. The molecule has 3 nitrogen and oxygen atoms in total. The highest BCUT2D eigenvalue weighted by atomic mass is 35.5. The van der Waals surface area contributed by atoms with E-state index in [1.54, 1.807) is 7.11 Å². The first kappa shape index (κ1) is 15.7. The third-order valence-corrected chi connectivity index (χ3v) is 3.64. The topological polar surface area (TPSA) is 26.5 Å². The molecule has 2 aromatic heterocycles. The number of imidazole rings is 1. The van der Waals surface area contributed by atoms with Gasteiger partial charge in [0.05, 0.1) is 24.4 Å². The molecule has 21 heavy (non-hydrogen) atoms. The lowest BCUT2D eigenvalue weighted by Gasteiger charge is -2.07. The number of ether oxygens (including phenoxy) is 1. The first-order valence-electron chi connectivity index (χ1n) is 6.46. The maximum atomic E-state index is 6.10. The van der Waals surface area contributed by atoms with E-state index < -0.39 is 0 Å². The zero-order valence-electron chi connectivity index (χ0n) is 11.6. The SMILES string of the molecule is COc1ccccc1Cc1nc2ccccn2c1CCl.Cl. The van der Waals surface area contributed by atoms with Gasteiger partial charge in [-0.3, -0.25) is 0 Å². The van der Waals surface area contributed by atoms with Crippen LogP contribution < -0.4 is 4.74 Å². The number of methoxy groups -OCH3 is 1. The van der Waals surface area contributed by atoms with Crippen LogP contribution in [0.5, 0.6) is 5.75 Å². The molecular formula is C16H16Cl2N2O. The number of halogens is 2. The molecule has 2 heterocycles. The molecule has 0 saturated carbocycles. The van der Waals surface area contributed by atoms with E-state index in [0.717, 1.165) is 28.3 Å². The Morgan fingerprint density at radius 3 is 2.67 bits per heavy atom. The molecule has 0 unspecified atom stereocenters. The maximum Gasteiger partial charge on any atom is 0.137 e. The summed E-state index contributed by atoms with van der Waals surface area (Å²) in [6.07, 6.45) is 2.71. The van der Waals surface area contributed by atoms with Crippen LogP contribution in [0.25, 0.3) is 5.65 Å². The third-order valence-electron chi connectivity index (χ3n) is 3.39. The molecule has 5 heteroatoms. The number of hydrogen-bond acceptors (Lipinski definition) is 2. The Balaban J connectivity index is 0.00000161. The van der Waals surface area contributed by atoms with Gasteiger partial charge in [-0.1, -0.05) is 24.3 Å². The predicted octanol–water partition coefficient (Wildman–Crippen LogP) is 4.09. The van der Waals surface area contributed by atoms with Crippen molar-refractivity contribution in [1.29, 1.82) is 0 Å². The molecule has 0 N–H and O–H groups in total. The standard InChI is InChI=1S/C16H15ClN2O.ClH/c1-20-15-7-3-2-6-12(15)10-13-14(11-17)19-9-5-4-8-16(19)18-13;/h2-9H,10-11H2,1H3;1H. The van der Waals surface area contributed by atoms with Crippen molar-refractivity contribution in [2.75, 3.05) is 7.11 Å². The van der Waals surface area contributed by atoms with Crippen LogP contribution in [-0.4, -0.2) is 16.5 Å². The summed E-state index contributed by atoms with van der Waals surface area (Å²) < 4.78 is 7.44. The number of alkyl halides is 1. The zero-order chi connectivity index (χ0) is 13.9. The van der Waals surface area contributed by atoms with E-state index >= 15 is 0 Å². The number of aromatic nitrogens is 2. The molecule has 110 valence electrons. The molecule has 0 amide bonds. The molecule has 0 aliphatic rings. The van der Waals surface area contributed by atoms with Crippen molar-refractivity contribution in [2.45, 2.75) is 12.3 Å². The van der Waals surface area contributed by atoms with Crippen molar-refractivity contribution in [3.63, 3.8) is 0 Å². The fraction of sp³-hybridized carbons (Fsp3) is 0.188. The number of nitrogens with zero attached hydrogens (tertiary/aromatic N) is 2. The Bertz CT molecular complexity index is 740. The summed E-state index contributed by atoms with van der Waals surface area (Å²) in [5.74, 6) is 1.32. The van der Waals surface area contributed by atoms with Crippen LogP contribution >= 0.6 is 24.0 Å². The van der Waals surface area contributed by atoms with E-state index in [9.17, 15) is 0 Å². The number of pyridine rings is 1. The lowest BCUT2D eigenvalue weighted by molar-refractivity contribution is 0.410. The second-order valence-electron chi connectivity index (χ2n) is 4.56. The van der Waals surface area contributed by atoms with Crippen LogP contribution in [-0.2, 0) is 12.3 Å². The summed E-state index contributed by atoms with van der Waals surface area (Å²) in [5.41, 5.74) is 4.07. The number of hydrogen-bond donors (Lipinski definition) is 0. The van der Waals surface area contributed by atoms with E-state index in [0.29, 0.717) is 12.3 Å². The van der Waals surface area contributed by atoms with Crippen molar-refractivity contribution < 1.29 is 4.74 Å². The van der Waals surface area contributed by atoms with Crippen LogP contribution in [0, 0.1) is 0 Å². The van der Waals surface area contributed by atoms with E-state index in [-0.39, 0.29) is 12.4 Å². The second-order valence-corrected chi connectivity index (χ2v) is 4.82. The number of para-hydroxylation sites is 1. The van der Waals surface area contributed by atoms with Gasteiger partial charge in [-0.25, -0.2) is 4.98 Å². The van der Waals surface area contributed by atoms with Crippen LogP contribution in [0.3, 0.4) is 0 Å². The molecule has 0 atom stereocenters. The van der Waals surface area contributed by atoms with Gasteiger partial charge in [-0.2, -0.15) is 0 Å². The van der Waals surface area contributed by atoms with E-state index in [4.69, 9.17) is 16.3 Å². The lowest BCUT2D eigenvalue weighted by atomic mass is 10.1. The van der Waals surface area contributed by atoms with Crippen LogP contribution in [0.15, 0.2) is 48.7 Å². The highest BCUT2D eigenvalue weighted by Crippen LogP contribution is 2.23. The summed E-state index contributed by atoms with van der Waals surface area (Å²) in [5, 5.41) is 0. The van der Waals surface area contributed by atoms with Crippen molar-refractivity contribution in [3.8, 4) is 5.75 Å². The highest BCUT2D eigenvalue weighted by molar-refractivity contribution is 6.17. The van der Waals surface area contributed by atoms with Gasteiger partial charge in [0, 0.05) is 18.2 Å². The molecule has 1 aromatic carbocycles. The van der Waals surface area contributed by atoms with E-state index in [2.05, 4.69) is 11.1 Å². The fourth-order valence-electron chi connectivity index (χ4n) is 2.41. The van der Waals surface area contributed by atoms with Gasteiger partial charge in [-0.05, 0) is 18.2 Å². The van der Waals surface area contributed by atoms with Crippen molar-refractivity contribution in [3.05, 3.63) is 65.6 Å². The van der Waals surface area contributed by atoms with Crippen LogP contribution in [0.2, 0.25) is 0 Å². The Morgan fingerprint density at radius 2 is 1.90 bits per heavy atom. The number of fused-ring (bicyclic) bond motifs is 1. The Labute approximate surface area is 134 Å². The predicted molar refractivity (Wildman–Crippen MR) is 87.8 cm³/mol. The van der Waals surface area contributed by atoms with Gasteiger partial charge >= 0.3 is 0 Å². The van der Waals surface area contributed by atoms with Crippen molar-refractivity contribution in [2.24, 2.45) is 0 Å². The molecule has 0 saturated heterocycles. The molecule has 0 spiro atoms. The summed E-state index contributed by atoms with van der Waals surface area (Å²) in [6.45, 7) is 0. The first-order chi connectivity index (χ1) is 9.83. The van der Waals surface area contributed by atoms with Crippen LogP contribution in [0.1, 0.15) is 17.0 Å². The van der Waals surface area contributed by atoms with Crippen molar-refractivity contribution in [1.82, 2.24) is 9.38 Å². The van der Waals surface area contributed by atoms with Gasteiger partial charge < -0.3 is 9.14 Å². The Kier molecular flexibility index (Phi) is 5.10. The van der Waals surface area contributed by atoms with E-state index in [1.807, 2.05) is 47.0 Å². The largest absolute Gasteiger partial charge is 0.496 e. The minimum Gasteiger partial charge on any atom is -0.496 e. The summed E-state index contributed by atoms with van der Waals surface area (Å²) in [7, 11) is 1.69. The molecule has 0 aliphatic heterocycles.